The number of hydrogen-bond donors (Lipinski definition) is 1. The van der Waals surface area contributed by atoms with Crippen molar-refractivity contribution in [1.29, 1.82) is 0 Å². The Labute approximate surface area is 171 Å². The Kier molecular flexibility index (Phi) is 4.29. The molecule has 1 saturated heterocycles. The standard InChI is InChI=1S/C21H20ClN5O2/c1-12-9-26(6-5-23-12)15-4-3-14-7-16(21(28)29-18(14)8-15)17-10-27-11-19(22)24-13(2)20(27)25-17/h3-4,7-8,10-12,23H,5-6,9H2,1-2H3/t12-/m0/s1. The predicted octanol–water partition coefficient (Wildman–Crippen LogP) is 3.26. The van der Waals surface area contributed by atoms with Crippen molar-refractivity contribution in [2.75, 3.05) is 24.5 Å². The molecule has 0 saturated carbocycles. The zero-order chi connectivity index (χ0) is 20.1. The third-order valence-electron chi connectivity index (χ3n) is 5.31. The zero-order valence-electron chi connectivity index (χ0n) is 16.1. The molecule has 4 aromatic rings. The monoisotopic (exact) mass is 409 g/mol. The number of halogens is 1. The molecule has 5 rings (SSSR count). The van der Waals surface area contributed by atoms with E-state index < -0.39 is 5.63 Å². The Bertz CT molecular complexity index is 1300. The largest absolute Gasteiger partial charge is 0.422 e. The molecule has 0 amide bonds. The first-order chi connectivity index (χ1) is 14.0. The van der Waals surface area contributed by atoms with Crippen LogP contribution in [0.15, 0.2) is 45.9 Å². The van der Waals surface area contributed by atoms with E-state index in [-0.39, 0.29) is 0 Å². The maximum Gasteiger partial charge on any atom is 0.345 e. The van der Waals surface area contributed by atoms with E-state index in [9.17, 15) is 4.79 Å². The smallest absolute Gasteiger partial charge is 0.345 e. The summed E-state index contributed by atoms with van der Waals surface area (Å²) in [6.45, 7) is 6.78. The van der Waals surface area contributed by atoms with Crippen molar-refractivity contribution in [3.8, 4) is 11.3 Å². The summed E-state index contributed by atoms with van der Waals surface area (Å²) in [5, 5.41) is 4.67. The van der Waals surface area contributed by atoms with Gasteiger partial charge in [-0.1, -0.05) is 11.6 Å². The summed E-state index contributed by atoms with van der Waals surface area (Å²) < 4.78 is 7.44. The molecule has 29 heavy (non-hydrogen) atoms. The van der Waals surface area contributed by atoms with Gasteiger partial charge in [0, 0.05) is 55.2 Å². The van der Waals surface area contributed by atoms with Crippen LogP contribution in [0.1, 0.15) is 12.6 Å². The second-order valence-corrected chi connectivity index (χ2v) is 7.86. The quantitative estimate of drug-likeness (QED) is 0.512. The summed E-state index contributed by atoms with van der Waals surface area (Å²) in [6, 6.07) is 8.26. The van der Waals surface area contributed by atoms with Gasteiger partial charge in [-0.15, -0.1) is 0 Å². The maximum atomic E-state index is 12.7. The molecule has 0 bridgehead atoms. The van der Waals surface area contributed by atoms with Crippen molar-refractivity contribution in [1.82, 2.24) is 19.7 Å². The molecule has 1 aliphatic rings. The van der Waals surface area contributed by atoms with Gasteiger partial charge in [0.2, 0.25) is 0 Å². The van der Waals surface area contributed by atoms with Gasteiger partial charge >= 0.3 is 5.63 Å². The third-order valence-corrected chi connectivity index (χ3v) is 5.49. The van der Waals surface area contributed by atoms with Crippen molar-refractivity contribution in [2.24, 2.45) is 0 Å². The van der Waals surface area contributed by atoms with Crippen LogP contribution in [0.25, 0.3) is 27.9 Å². The van der Waals surface area contributed by atoms with Gasteiger partial charge in [0.1, 0.15) is 10.7 Å². The van der Waals surface area contributed by atoms with Gasteiger partial charge in [-0.2, -0.15) is 0 Å². The zero-order valence-corrected chi connectivity index (χ0v) is 16.9. The molecule has 1 aliphatic heterocycles. The number of fused-ring (bicyclic) bond motifs is 2. The highest BCUT2D eigenvalue weighted by atomic mass is 35.5. The number of imidazole rings is 1. The number of nitrogens with zero attached hydrogens (tertiary/aromatic N) is 4. The first-order valence-electron chi connectivity index (χ1n) is 9.56. The molecule has 8 heteroatoms. The molecule has 7 nitrogen and oxygen atoms in total. The molecule has 1 atom stereocenters. The van der Waals surface area contributed by atoms with Gasteiger partial charge < -0.3 is 19.0 Å². The molecular formula is C21H20ClN5O2. The molecule has 0 radical (unpaired) electrons. The second-order valence-electron chi connectivity index (χ2n) is 7.48. The molecule has 0 spiro atoms. The minimum Gasteiger partial charge on any atom is -0.422 e. The van der Waals surface area contributed by atoms with Crippen LogP contribution < -0.4 is 15.8 Å². The fourth-order valence-electron chi connectivity index (χ4n) is 3.89. The minimum atomic E-state index is -0.413. The predicted molar refractivity (Wildman–Crippen MR) is 114 cm³/mol. The first kappa shape index (κ1) is 18.1. The average Bonchev–Trinajstić information content (AvgIpc) is 3.11. The Morgan fingerprint density at radius 3 is 2.93 bits per heavy atom. The number of aryl methyl sites for hydroxylation is 1. The van der Waals surface area contributed by atoms with E-state index in [2.05, 4.69) is 33.2 Å². The Hall–Kier alpha value is -2.90. The summed E-state index contributed by atoms with van der Waals surface area (Å²) >= 11 is 6.03. The summed E-state index contributed by atoms with van der Waals surface area (Å²) in [6.07, 6.45) is 3.44. The van der Waals surface area contributed by atoms with Crippen molar-refractivity contribution in [2.45, 2.75) is 19.9 Å². The Balaban J connectivity index is 1.58. The molecule has 1 N–H and O–H groups in total. The fraction of sp³-hybridized carbons (Fsp3) is 0.286. The minimum absolute atomic E-state index is 0.374. The van der Waals surface area contributed by atoms with E-state index in [0.717, 1.165) is 30.7 Å². The van der Waals surface area contributed by atoms with Crippen molar-refractivity contribution in [3.05, 3.63) is 57.9 Å². The number of aromatic nitrogens is 3. The molecule has 3 aromatic heterocycles. The molecule has 0 unspecified atom stereocenters. The van der Waals surface area contributed by atoms with E-state index in [1.807, 2.05) is 25.1 Å². The highest BCUT2D eigenvalue weighted by Crippen LogP contribution is 2.26. The number of nitrogens with one attached hydrogen (secondary N) is 1. The number of hydrogen-bond acceptors (Lipinski definition) is 6. The van der Waals surface area contributed by atoms with E-state index >= 15 is 0 Å². The molecule has 4 heterocycles. The fourth-order valence-corrected chi connectivity index (χ4v) is 4.12. The molecule has 1 aromatic carbocycles. The van der Waals surface area contributed by atoms with Crippen molar-refractivity contribution in [3.63, 3.8) is 0 Å². The van der Waals surface area contributed by atoms with Gasteiger partial charge in [-0.25, -0.2) is 14.8 Å². The Morgan fingerprint density at radius 1 is 1.24 bits per heavy atom. The van der Waals surface area contributed by atoms with Crippen LogP contribution in [0.2, 0.25) is 5.15 Å². The second kappa shape index (κ2) is 6.86. The van der Waals surface area contributed by atoms with E-state index in [4.69, 9.17) is 16.0 Å². The maximum absolute atomic E-state index is 12.7. The van der Waals surface area contributed by atoms with Gasteiger partial charge in [-0.05, 0) is 32.0 Å². The van der Waals surface area contributed by atoms with Gasteiger partial charge in [0.25, 0.3) is 0 Å². The molecule has 1 fully saturated rings. The van der Waals surface area contributed by atoms with Crippen LogP contribution in [0.4, 0.5) is 5.69 Å². The summed E-state index contributed by atoms with van der Waals surface area (Å²) in [4.78, 5) is 23.8. The molecule has 148 valence electrons. The normalized spacial score (nSPS) is 17.3. The summed E-state index contributed by atoms with van der Waals surface area (Å²) in [5.74, 6) is 0. The van der Waals surface area contributed by atoms with Crippen molar-refractivity contribution < 1.29 is 4.42 Å². The lowest BCUT2D eigenvalue weighted by Crippen LogP contribution is -2.49. The lowest BCUT2D eigenvalue weighted by molar-refractivity contribution is 0.484. The number of anilines is 1. The average molecular weight is 410 g/mol. The van der Waals surface area contributed by atoms with Crippen LogP contribution in [0, 0.1) is 6.92 Å². The van der Waals surface area contributed by atoms with E-state index in [0.29, 0.717) is 39.4 Å². The van der Waals surface area contributed by atoms with Gasteiger partial charge in [0.05, 0.1) is 17.0 Å². The van der Waals surface area contributed by atoms with E-state index in [1.54, 1.807) is 16.8 Å². The highest BCUT2D eigenvalue weighted by Gasteiger charge is 2.18. The van der Waals surface area contributed by atoms with Crippen LogP contribution in [-0.2, 0) is 0 Å². The van der Waals surface area contributed by atoms with Crippen LogP contribution in [0.3, 0.4) is 0 Å². The number of rotatable bonds is 2. The SMILES string of the molecule is Cc1nc(Cl)cn2cc(-c3cc4ccc(N5CCN[C@@H](C)C5)cc4oc3=O)nc12. The summed E-state index contributed by atoms with van der Waals surface area (Å²) in [7, 11) is 0. The number of benzene rings is 1. The van der Waals surface area contributed by atoms with Crippen LogP contribution in [0.5, 0.6) is 0 Å². The van der Waals surface area contributed by atoms with Gasteiger partial charge in [-0.3, -0.25) is 0 Å². The first-order valence-corrected chi connectivity index (χ1v) is 9.94. The Morgan fingerprint density at radius 2 is 2.10 bits per heavy atom. The van der Waals surface area contributed by atoms with Crippen LogP contribution in [-0.4, -0.2) is 40.0 Å². The van der Waals surface area contributed by atoms with Crippen molar-refractivity contribution >= 4 is 33.9 Å². The highest BCUT2D eigenvalue weighted by molar-refractivity contribution is 6.29. The van der Waals surface area contributed by atoms with E-state index in [1.165, 1.54) is 0 Å². The molecule has 0 aliphatic carbocycles. The van der Waals surface area contributed by atoms with Crippen LogP contribution >= 0.6 is 11.6 Å². The topological polar surface area (TPSA) is 75.7 Å². The lowest BCUT2D eigenvalue weighted by atomic mass is 10.1. The number of piperazine rings is 1. The molecular weight excluding hydrogens is 390 g/mol. The third kappa shape index (κ3) is 3.26. The lowest BCUT2D eigenvalue weighted by Gasteiger charge is -2.33. The summed E-state index contributed by atoms with van der Waals surface area (Å²) in [5.41, 5.74) is 3.53. The van der Waals surface area contributed by atoms with Gasteiger partial charge in [0.15, 0.2) is 5.65 Å².